The molecule has 3 nitrogen and oxygen atoms in total. The minimum absolute atomic E-state index is 0.942. The third-order valence-corrected chi connectivity index (χ3v) is 3.43. The van der Waals surface area contributed by atoms with E-state index in [1.54, 1.807) is 0 Å². The van der Waals surface area contributed by atoms with E-state index in [0.29, 0.717) is 0 Å². The van der Waals surface area contributed by atoms with Crippen molar-refractivity contribution in [3.05, 3.63) is 17.1 Å². The number of nitrogens with zero attached hydrogens (tertiary/aromatic N) is 3. The molecule has 80 valence electrons. The molecule has 0 amide bonds. The van der Waals surface area contributed by atoms with Gasteiger partial charge in [-0.2, -0.15) is 0 Å². The molecule has 0 aromatic carbocycles. The van der Waals surface area contributed by atoms with Gasteiger partial charge >= 0.3 is 0 Å². The van der Waals surface area contributed by atoms with E-state index >= 15 is 0 Å². The number of anilines is 1. The molecule has 1 fully saturated rings. The van der Waals surface area contributed by atoms with Crippen molar-refractivity contribution in [1.82, 2.24) is 9.97 Å². The summed E-state index contributed by atoms with van der Waals surface area (Å²) < 4.78 is 0. The van der Waals surface area contributed by atoms with Gasteiger partial charge in [0, 0.05) is 24.3 Å². The fourth-order valence-electron chi connectivity index (χ4n) is 2.72. The number of rotatable bonds is 1. The van der Waals surface area contributed by atoms with Crippen LogP contribution < -0.4 is 4.90 Å². The summed E-state index contributed by atoms with van der Waals surface area (Å²) in [6.07, 6.45) is 6.23. The van der Waals surface area contributed by atoms with E-state index in [1.807, 2.05) is 6.92 Å². The lowest BCUT2D eigenvalue weighted by atomic mass is 10.2. The standard InChI is InChI=1S/C12H17N3/c1-9-13-11-6-4-5-10(11)12(14-9)15-7-2-3-8-15/h2-8H2,1H3. The fraction of sp³-hybridized carbons (Fsp3) is 0.667. The van der Waals surface area contributed by atoms with E-state index in [2.05, 4.69) is 14.9 Å². The van der Waals surface area contributed by atoms with E-state index in [0.717, 1.165) is 12.2 Å². The SMILES string of the molecule is Cc1nc2c(c(N3CCCC3)n1)CCC2. The Bertz CT molecular complexity index is 381. The number of aromatic nitrogens is 2. The van der Waals surface area contributed by atoms with Gasteiger partial charge in [-0.05, 0) is 39.0 Å². The molecule has 0 unspecified atom stereocenters. The van der Waals surface area contributed by atoms with Gasteiger partial charge in [-0.25, -0.2) is 9.97 Å². The zero-order valence-corrected chi connectivity index (χ0v) is 9.29. The molecule has 0 N–H and O–H groups in total. The van der Waals surface area contributed by atoms with Gasteiger partial charge in [-0.15, -0.1) is 0 Å². The average molecular weight is 203 g/mol. The maximum Gasteiger partial charge on any atom is 0.135 e. The Kier molecular flexibility index (Phi) is 2.11. The lowest BCUT2D eigenvalue weighted by Crippen LogP contribution is -2.21. The highest BCUT2D eigenvalue weighted by Crippen LogP contribution is 2.30. The Labute approximate surface area is 90.5 Å². The Hall–Kier alpha value is -1.12. The third-order valence-electron chi connectivity index (χ3n) is 3.43. The second-order valence-corrected chi connectivity index (χ2v) is 4.57. The van der Waals surface area contributed by atoms with Crippen molar-refractivity contribution in [2.24, 2.45) is 0 Å². The van der Waals surface area contributed by atoms with Gasteiger partial charge in [-0.3, -0.25) is 0 Å². The number of hydrogen-bond donors (Lipinski definition) is 0. The van der Waals surface area contributed by atoms with Gasteiger partial charge in [0.05, 0.1) is 0 Å². The zero-order chi connectivity index (χ0) is 10.3. The molecule has 1 aromatic rings. The summed E-state index contributed by atoms with van der Waals surface area (Å²) in [6.45, 7) is 4.38. The van der Waals surface area contributed by atoms with Crippen molar-refractivity contribution < 1.29 is 0 Å². The van der Waals surface area contributed by atoms with Crippen LogP contribution in [0.3, 0.4) is 0 Å². The Morgan fingerprint density at radius 3 is 2.60 bits per heavy atom. The highest BCUT2D eigenvalue weighted by molar-refractivity contribution is 5.51. The molecule has 15 heavy (non-hydrogen) atoms. The summed E-state index contributed by atoms with van der Waals surface area (Å²) in [7, 11) is 0. The van der Waals surface area contributed by atoms with Crippen LogP contribution in [0.25, 0.3) is 0 Å². The first kappa shape index (κ1) is 9.13. The molecule has 0 saturated carbocycles. The first-order valence-electron chi connectivity index (χ1n) is 5.96. The van der Waals surface area contributed by atoms with Gasteiger partial charge in [-0.1, -0.05) is 0 Å². The maximum absolute atomic E-state index is 4.64. The minimum Gasteiger partial charge on any atom is -0.356 e. The van der Waals surface area contributed by atoms with Gasteiger partial charge in [0.2, 0.25) is 0 Å². The monoisotopic (exact) mass is 203 g/mol. The molecule has 1 aliphatic heterocycles. The highest BCUT2D eigenvalue weighted by atomic mass is 15.2. The molecule has 3 heteroatoms. The summed E-state index contributed by atoms with van der Waals surface area (Å²) in [5, 5.41) is 0. The quantitative estimate of drug-likeness (QED) is 0.697. The molecule has 1 aromatic heterocycles. The molecule has 3 rings (SSSR count). The predicted octanol–water partition coefficient (Wildman–Crippen LogP) is 1.87. The summed E-state index contributed by atoms with van der Waals surface area (Å²) in [5.74, 6) is 2.19. The molecule has 1 saturated heterocycles. The normalized spacial score (nSPS) is 19.7. The Morgan fingerprint density at radius 2 is 1.80 bits per heavy atom. The Balaban J connectivity index is 2.05. The van der Waals surface area contributed by atoms with Crippen LogP contribution in [-0.2, 0) is 12.8 Å². The minimum atomic E-state index is 0.942. The number of hydrogen-bond acceptors (Lipinski definition) is 3. The van der Waals surface area contributed by atoms with Crippen molar-refractivity contribution in [2.45, 2.75) is 39.0 Å². The van der Waals surface area contributed by atoms with Crippen LogP contribution in [0.5, 0.6) is 0 Å². The Morgan fingerprint density at radius 1 is 1.00 bits per heavy atom. The first-order chi connectivity index (χ1) is 7.34. The molecule has 0 radical (unpaired) electrons. The molecule has 2 aliphatic rings. The van der Waals surface area contributed by atoms with Crippen LogP contribution in [0.4, 0.5) is 5.82 Å². The van der Waals surface area contributed by atoms with Crippen molar-refractivity contribution in [3.63, 3.8) is 0 Å². The molecular formula is C12H17N3. The van der Waals surface area contributed by atoms with Crippen LogP contribution in [0.1, 0.15) is 36.3 Å². The first-order valence-corrected chi connectivity index (χ1v) is 5.96. The molecule has 1 aliphatic carbocycles. The van der Waals surface area contributed by atoms with Gasteiger partial charge in [0.25, 0.3) is 0 Å². The number of fused-ring (bicyclic) bond motifs is 1. The molecule has 0 atom stereocenters. The lowest BCUT2D eigenvalue weighted by Gasteiger charge is -2.19. The van der Waals surface area contributed by atoms with E-state index in [9.17, 15) is 0 Å². The summed E-state index contributed by atoms with van der Waals surface area (Å²) >= 11 is 0. The van der Waals surface area contributed by atoms with Crippen LogP contribution in [0, 0.1) is 6.92 Å². The predicted molar refractivity (Wildman–Crippen MR) is 60.2 cm³/mol. The average Bonchev–Trinajstić information content (AvgIpc) is 2.86. The molecule has 0 bridgehead atoms. The molecule has 0 spiro atoms. The second-order valence-electron chi connectivity index (χ2n) is 4.57. The smallest absolute Gasteiger partial charge is 0.135 e. The van der Waals surface area contributed by atoms with E-state index in [-0.39, 0.29) is 0 Å². The topological polar surface area (TPSA) is 29.0 Å². The van der Waals surface area contributed by atoms with Crippen molar-refractivity contribution in [3.8, 4) is 0 Å². The van der Waals surface area contributed by atoms with Gasteiger partial charge in [0.1, 0.15) is 11.6 Å². The maximum atomic E-state index is 4.64. The highest BCUT2D eigenvalue weighted by Gasteiger charge is 2.23. The van der Waals surface area contributed by atoms with E-state index in [4.69, 9.17) is 0 Å². The summed E-state index contributed by atoms with van der Waals surface area (Å²) in [6, 6.07) is 0. The van der Waals surface area contributed by atoms with Crippen molar-refractivity contribution >= 4 is 5.82 Å². The molecule has 2 heterocycles. The van der Waals surface area contributed by atoms with Crippen molar-refractivity contribution in [1.29, 1.82) is 0 Å². The molecular weight excluding hydrogens is 186 g/mol. The van der Waals surface area contributed by atoms with Crippen LogP contribution >= 0.6 is 0 Å². The van der Waals surface area contributed by atoms with E-state index in [1.165, 1.54) is 55.8 Å². The largest absolute Gasteiger partial charge is 0.356 e. The summed E-state index contributed by atoms with van der Waals surface area (Å²) in [5.41, 5.74) is 2.74. The van der Waals surface area contributed by atoms with Crippen LogP contribution in [0.15, 0.2) is 0 Å². The van der Waals surface area contributed by atoms with Gasteiger partial charge < -0.3 is 4.90 Å². The third kappa shape index (κ3) is 1.50. The van der Waals surface area contributed by atoms with E-state index < -0.39 is 0 Å². The fourth-order valence-corrected chi connectivity index (χ4v) is 2.72. The van der Waals surface area contributed by atoms with Crippen LogP contribution in [0.2, 0.25) is 0 Å². The number of aryl methyl sites for hydroxylation is 2. The van der Waals surface area contributed by atoms with Crippen LogP contribution in [-0.4, -0.2) is 23.1 Å². The summed E-state index contributed by atoms with van der Waals surface area (Å²) in [4.78, 5) is 11.6. The second kappa shape index (κ2) is 3.47. The lowest BCUT2D eigenvalue weighted by molar-refractivity contribution is 0.885. The van der Waals surface area contributed by atoms with Crippen molar-refractivity contribution in [2.75, 3.05) is 18.0 Å². The van der Waals surface area contributed by atoms with Gasteiger partial charge in [0.15, 0.2) is 0 Å². The zero-order valence-electron chi connectivity index (χ0n) is 9.29.